The average Bonchev–Trinajstić information content (AvgIpc) is 3.11. The average molecular weight is 343 g/mol. The SMILES string of the molecule is c1cncc(-c2nc3c(c(N[C@H]4CCc5ccccc54)n2)CCNC3)c1. The summed E-state index contributed by atoms with van der Waals surface area (Å²) in [5, 5.41) is 7.16. The van der Waals surface area contributed by atoms with E-state index < -0.39 is 0 Å². The predicted molar refractivity (Wildman–Crippen MR) is 102 cm³/mol. The monoisotopic (exact) mass is 343 g/mol. The van der Waals surface area contributed by atoms with E-state index in [0.29, 0.717) is 6.04 Å². The maximum atomic E-state index is 4.90. The van der Waals surface area contributed by atoms with Gasteiger partial charge in [-0.2, -0.15) is 0 Å². The fraction of sp³-hybridized carbons (Fsp3) is 0.286. The van der Waals surface area contributed by atoms with Gasteiger partial charge >= 0.3 is 0 Å². The van der Waals surface area contributed by atoms with Crippen molar-refractivity contribution in [3.05, 3.63) is 71.2 Å². The van der Waals surface area contributed by atoms with Gasteiger partial charge in [-0.05, 0) is 49.1 Å². The van der Waals surface area contributed by atoms with Crippen LogP contribution < -0.4 is 10.6 Å². The number of hydrogen-bond acceptors (Lipinski definition) is 5. The molecule has 1 aliphatic carbocycles. The quantitative estimate of drug-likeness (QED) is 0.764. The molecule has 5 nitrogen and oxygen atoms in total. The van der Waals surface area contributed by atoms with Gasteiger partial charge in [0.1, 0.15) is 5.82 Å². The molecule has 5 heteroatoms. The molecular formula is C21H21N5. The number of nitrogens with zero attached hydrogens (tertiary/aromatic N) is 3. The third-order valence-electron chi connectivity index (χ3n) is 5.30. The van der Waals surface area contributed by atoms with Gasteiger partial charge in [0.05, 0.1) is 11.7 Å². The van der Waals surface area contributed by atoms with Crippen LogP contribution in [-0.4, -0.2) is 21.5 Å². The number of aromatic nitrogens is 3. The van der Waals surface area contributed by atoms with Crippen LogP contribution in [0.4, 0.5) is 5.82 Å². The second kappa shape index (κ2) is 6.50. The fourth-order valence-electron chi connectivity index (χ4n) is 3.98. The van der Waals surface area contributed by atoms with Crippen LogP contribution in [0.3, 0.4) is 0 Å². The number of nitrogens with one attached hydrogen (secondary N) is 2. The Morgan fingerprint density at radius 1 is 1.04 bits per heavy atom. The maximum absolute atomic E-state index is 4.90. The minimum absolute atomic E-state index is 0.321. The van der Waals surface area contributed by atoms with E-state index in [4.69, 9.17) is 9.97 Å². The van der Waals surface area contributed by atoms with E-state index in [-0.39, 0.29) is 0 Å². The number of hydrogen-bond donors (Lipinski definition) is 2. The van der Waals surface area contributed by atoms with Gasteiger partial charge in [-0.1, -0.05) is 24.3 Å². The molecule has 130 valence electrons. The molecule has 3 heterocycles. The standard InChI is InChI=1S/C21H21N5/c1-2-6-16-14(4-1)7-8-18(16)24-21-17-9-11-23-13-19(17)25-20(26-21)15-5-3-10-22-12-15/h1-6,10,12,18,23H,7-9,11,13H2,(H,24,25,26)/t18-/m0/s1. The van der Waals surface area contributed by atoms with Crippen LogP contribution in [-0.2, 0) is 19.4 Å². The molecule has 1 atom stereocenters. The van der Waals surface area contributed by atoms with Gasteiger partial charge in [0, 0.05) is 30.1 Å². The lowest BCUT2D eigenvalue weighted by molar-refractivity contribution is 0.623. The zero-order valence-electron chi connectivity index (χ0n) is 14.6. The lowest BCUT2D eigenvalue weighted by atomic mass is 10.0. The molecule has 2 N–H and O–H groups in total. The topological polar surface area (TPSA) is 62.7 Å². The second-order valence-electron chi connectivity index (χ2n) is 6.92. The summed E-state index contributed by atoms with van der Waals surface area (Å²) in [5.74, 6) is 1.73. The van der Waals surface area contributed by atoms with Crippen molar-refractivity contribution < 1.29 is 0 Å². The molecule has 0 spiro atoms. The van der Waals surface area contributed by atoms with E-state index in [1.165, 1.54) is 16.7 Å². The molecule has 2 aromatic heterocycles. The van der Waals surface area contributed by atoms with Gasteiger partial charge in [-0.3, -0.25) is 4.98 Å². The number of pyridine rings is 1. The molecule has 1 aromatic carbocycles. The molecule has 0 amide bonds. The molecule has 1 aliphatic heterocycles. The van der Waals surface area contributed by atoms with Crippen LogP contribution in [0.15, 0.2) is 48.8 Å². The highest BCUT2D eigenvalue weighted by molar-refractivity contribution is 5.60. The number of rotatable bonds is 3. The van der Waals surface area contributed by atoms with Crippen molar-refractivity contribution >= 4 is 5.82 Å². The minimum Gasteiger partial charge on any atom is -0.363 e. The molecule has 0 saturated carbocycles. The van der Waals surface area contributed by atoms with Crippen LogP contribution in [0, 0.1) is 0 Å². The van der Waals surface area contributed by atoms with E-state index >= 15 is 0 Å². The maximum Gasteiger partial charge on any atom is 0.163 e. The third kappa shape index (κ3) is 2.74. The van der Waals surface area contributed by atoms with Crippen molar-refractivity contribution in [3.8, 4) is 11.4 Å². The highest BCUT2D eigenvalue weighted by Gasteiger charge is 2.25. The second-order valence-corrected chi connectivity index (χ2v) is 6.92. The molecule has 2 aliphatic rings. The Bertz CT molecular complexity index is 938. The molecule has 26 heavy (non-hydrogen) atoms. The van der Waals surface area contributed by atoms with Crippen molar-refractivity contribution in [1.82, 2.24) is 20.3 Å². The minimum atomic E-state index is 0.321. The Kier molecular flexibility index (Phi) is 3.87. The third-order valence-corrected chi connectivity index (χ3v) is 5.30. The lowest BCUT2D eigenvalue weighted by Gasteiger charge is -2.23. The Labute approximate surface area is 152 Å². The van der Waals surface area contributed by atoms with E-state index in [0.717, 1.165) is 55.3 Å². The van der Waals surface area contributed by atoms with E-state index in [1.54, 1.807) is 6.20 Å². The van der Waals surface area contributed by atoms with Crippen LogP contribution >= 0.6 is 0 Å². The first-order valence-corrected chi connectivity index (χ1v) is 9.24. The largest absolute Gasteiger partial charge is 0.363 e. The normalized spacial score (nSPS) is 18.2. The highest BCUT2D eigenvalue weighted by atomic mass is 15.1. The molecule has 5 rings (SSSR count). The Morgan fingerprint density at radius 2 is 2.00 bits per heavy atom. The molecule has 0 saturated heterocycles. The lowest BCUT2D eigenvalue weighted by Crippen LogP contribution is -2.27. The van der Waals surface area contributed by atoms with Crippen molar-refractivity contribution in [2.24, 2.45) is 0 Å². The predicted octanol–water partition coefficient (Wildman–Crippen LogP) is 3.28. The molecular weight excluding hydrogens is 322 g/mol. The fourth-order valence-corrected chi connectivity index (χ4v) is 3.98. The van der Waals surface area contributed by atoms with Crippen molar-refractivity contribution in [2.45, 2.75) is 31.8 Å². The first-order valence-electron chi connectivity index (χ1n) is 9.24. The van der Waals surface area contributed by atoms with Gasteiger partial charge in [0.15, 0.2) is 5.82 Å². The van der Waals surface area contributed by atoms with Gasteiger partial charge in [-0.15, -0.1) is 0 Å². The number of fused-ring (bicyclic) bond motifs is 2. The summed E-state index contributed by atoms with van der Waals surface area (Å²) in [7, 11) is 0. The van der Waals surface area contributed by atoms with Gasteiger partial charge in [0.2, 0.25) is 0 Å². The summed E-state index contributed by atoms with van der Waals surface area (Å²) < 4.78 is 0. The van der Waals surface area contributed by atoms with Crippen molar-refractivity contribution in [2.75, 3.05) is 11.9 Å². The summed E-state index contributed by atoms with van der Waals surface area (Å²) in [6.45, 7) is 1.76. The Hall–Kier alpha value is -2.79. The number of anilines is 1. The van der Waals surface area contributed by atoms with Crippen LogP contribution in [0.5, 0.6) is 0 Å². The zero-order chi connectivity index (χ0) is 17.3. The van der Waals surface area contributed by atoms with Crippen LogP contribution in [0.1, 0.15) is 34.8 Å². The smallest absolute Gasteiger partial charge is 0.163 e. The number of aryl methyl sites for hydroxylation is 1. The first kappa shape index (κ1) is 15.5. The van der Waals surface area contributed by atoms with Crippen LogP contribution in [0.25, 0.3) is 11.4 Å². The molecule has 3 aromatic rings. The highest BCUT2D eigenvalue weighted by Crippen LogP contribution is 2.35. The van der Waals surface area contributed by atoms with E-state index in [9.17, 15) is 0 Å². The molecule has 0 fully saturated rings. The Balaban J connectivity index is 1.55. The van der Waals surface area contributed by atoms with E-state index in [2.05, 4.69) is 39.9 Å². The summed E-state index contributed by atoms with van der Waals surface area (Å²) in [6.07, 6.45) is 6.79. The van der Waals surface area contributed by atoms with E-state index in [1.807, 2.05) is 18.3 Å². The summed E-state index contributed by atoms with van der Waals surface area (Å²) in [4.78, 5) is 13.9. The first-order chi connectivity index (χ1) is 12.9. The van der Waals surface area contributed by atoms with Crippen molar-refractivity contribution in [1.29, 1.82) is 0 Å². The summed E-state index contributed by atoms with van der Waals surface area (Å²) in [6, 6.07) is 13.0. The zero-order valence-corrected chi connectivity index (χ0v) is 14.6. The molecule has 0 bridgehead atoms. The number of benzene rings is 1. The Morgan fingerprint density at radius 3 is 2.92 bits per heavy atom. The van der Waals surface area contributed by atoms with Gasteiger partial charge in [-0.25, -0.2) is 9.97 Å². The summed E-state index contributed by atoms with van der Waals surface area (Å²) in [5.41, 5.74) is 6.15. The summed E-state index contributed by atoms with van der Waals surface area (Å²) >= 11 is 0. The molecule has 0 radical (unpaired) electrons. The van der Waals surface area contributed by atoms with Gasteiger partial charge in [0.25, 0.3) is 0 Å². The molecule has 0 unspecified atom stereocenters. The van der Waals surface area contributed by atoms with Gasteiger partial charge < -0.3 is 10.6 Å². The van der Waals surface area contributed by atoms with Crippen molar-refractivity contribution in [3.63, 3.8) is 0 Å². The van der Waals surface area contributed by atoms with Crippen LogP contribution in [0.2, 0.25) is 0 Å².